The summed E-state index contributed by atoms with van der Waals surface area (Å²) < 4.78 is 7.23. The highest BCUT2D eigenvalue weighted by Crippen LogP contribution is 2.24. The predicted molar refractivity (Wildman–Crippen MR) is 87.3 cm³/mol. The summed E-state index contributed by atoms with van der Waals surface area (Å²) in [6.45, 7) is 6.02. The van der Waals surface area contributed by atoms with Crippen LogP contribution in [0.25, 0.3) is 5.69 Å². The molecule has 0 aliphatic rings. The number of H-pyrrole nitrogens is 1. The molecule has 0 amide bonds. The van der Waals surface area contributed by atoms with Gasteiger partial charge >= 0.3 is 5.69 Å². The summed E-state index contributed by atoms with van der Waals surface area (Å²) in [4.78, 5) is 16.0. The highest BCUT2D eigenvalue weighted by molar-refractivity contribution is 5.36. The molecule has 0 saturated heterocycles. The van der Waals surface area contributed by atoms with Gasteiger partial charge in [0.25, 0.3) is 0 Å². The van der Waals surface area contributed by atoms with E-state index in [0.29, 0.717) is 23.3 Å². The smallest absolute Gasteiger partial charge is 0.347 e. The summed E-state index contributed by atoms with van der Waals surface area (Å²) in [5.41, 5.74) is 1.56. The maximum atomic E-state index is 11.7. The molecule has 2 heterocycles. The third-order valence-electron chi connectivity index (χ3n) is 3.57. The number of ether oxygens (including phenoxy) is 1. The van der Waals surface area contributed by atoms with Gasteiger partial charge in [-0.1, -0.05) is 26.0 Å². The van der Waals surface area contributed by atoms with Crippen LogP contribution in [0, 0.1) is 6.92 Å². The van der Waals surface area contributed by atoms with Crippen molar-refractivity contribution in [2.45, 2.75) is 26.7 Å². The van der Waals surface area contributed by atoms with Crippen molar-refractivity contribution in [3.8, 4) is 17.3 Å². The average Bonchev–Trinajstić information content (AvgIpc) is 2.87. The summed E-state index contributed by atoms with van der Waals surface area (Å²) in [7, 11) is 0. The van der Waals surface area contributed by atoms with Crippen LogP contribution in [-0.4, -0.2) is 19.7 Å². The van der Waals surface area contributed by atoms with E-state index in [9.17, 15) is 4.79 Å². The Hall–Kier alpha value is -2.89. The number of rotatable bonds is 4. The molecule has 0 fully saturated rings. The molecule has 0 spiro atoms. The van der Waals surface area contributed by atoms with E-state index in [1.807, 2.05) is 18.2 Å². The number of hydrogen-bond acceptors (Lipinski definition) is 4. The first-order chi connectivity index (χ1) is 11.0. The van der Waals surface area contributed by atoms with E-state index in [4.69, 9.17) is 4.74 Å². The Labute approximate surface area is 133 Å². The zero-order chi connectivity index (χ0) is 16.4. The van der Waals surface area contributed by atoms with Crippen LogP contribution in [0.4, 0.5) is 0 Å². The molecular weight excluding hydrogens is 292 g/mol. The van der Waals surface area contributed by atoms with Gasteiger partial charge in [-0.05, 0) is 36.6 Å². The number of benzene rings is 1. The standard InChI is InChI=1S/C17H18N4O2/c1-11(2)13-5-4-6-15(9-13)23-16-8-7-14(10-18-16)21-12(3)19-20-17(21)22/h4-11H,1-3H3,(H,20,22). The maximum absolute atomic E-state index is 11.7. The molecule has 0 radical (unpaired) electrons. The molecule has 0 aliphatic heterocycles. The monoisotopic (exact) mass is 310 g/mol. The van der Waals surface area contributed by atoms with Crippen molar-refractivity contribution in [3.05, 3.63) is 64.5 Å². The lowest BCUT2D eigenvalue weighted by molar-refractivity contribution is 0.462. The van der Waals surface area contributed by atoms with E-state index >= 15 is 0 Å². The molecule has 2 aromatic heterocycles. The van der Waals surface area contributed by atoms with Gasteiger partial charge in [0.05, 0.1) is 11.9 Å². The summed E-state index contributed by atoms with van der Waals surface area (Å²) in [5, 5.41) is 6.28. The molecule has 3 rings (SSSR count). The molecule has 1 aromatic carbocycles. The number of aromatic amines is 1. The number of nitrogens with one attached hydrogen (secondary N) is 1. The minimum Gasteiger partial charge on any atom is -0.439 e. The molecule has 0 aliphatic carbocycles. The highest BCUT2D eigenvalue weighted by atomic mass is 16.5. The molecule has 0 atom stereocenters. The van der Waals surface area contributed by atoms with Crippen LogP contribution >= 0.6 is 0 Å². The van der Waals surface area contributed by atoms with Gasteiger partial charge < -0.3 is 4.74 Å². The van der Waals surface area contributed by atoms with Gasteiger partial charge in [-0.2, -0.15) is 5.10 Å². The van der Waals surface area contributed by atoms with Crippen molar-refractivity contribution in [1.82, 2.24) is 19.7 Å². The van der Waals surface area contributed by atoms with Crippen molar-refractivity contribution >= 4 is 0 Å². The van der Waals surface area contributed by atoms with E-state index in [1.165, 1.54) is 10.1 Å². The fraction of sp³-hybridized carbons (Fsp3) is 0.235. The van der Waals surface area contributed by atoms with Gasteiger partial charge in [0.2, 0.25) is 5.88 Å². The van der Waals surface area contributed by atoms with E-state index in [2.05, 4.69) is 35.1 Å². The first kappa shape index (κ1) is 15.0. The number of aryl methyl sites for hydroxylation is 1. The topological polar surface area (TPSA) is 72.8 Å². The van der Waals surface area contributed by atoms with Crippen molar-refractivity contribution in [2.24, 2.45) is 0 Å². The fourth-order valence-electron chi connectivity index (χ4n) is 2.30. The van der Waals surface area contributed by atoms with E-state index in [1.54, 1.807) is 25.3 Å². The van der Waals surface area contributed by atoms with E-state index in [0.717, 1.165) is 5.75 Å². The number of hydrogen-bond donors (Lipinski definition) is 1. The Bertz CT molecular complexity index is 863. The maximum Gasteiger partial charge on any atom is 0.347 e. The minimum atomic E-state index is -0.289. The quantitative estimate of drug-likeness (QED) is 0.803. The summed E-state index contributed by atoms with van der Waals surface area (Å²) >= 11 is 0. The average molecular weight is 310 g/mol. The lowest BCUT2D eigenvalue weighted by Crippen LogP contribution is -2.15. The van der Waals surface area contributed by atoms with E-state index < -0.39 is 0 Å². The van der Waals surface area contributed by atoms with Crippen LogP contribution in [-0.2, 0) is 0 Å². The molecule has 118 valence electrons. The zero-order valence-corrected chi connectivity index (χ0v) is 13.3. The molecule has 23 heavy (non-hydrogen) atoms. The summed E-state index contributed by atoms with van der Waals surface area (Å²) in [6, 6.07) is 11.4. The van der Waals surface area contributed by atoms with E-state index in [-0.39, 0.29) is 5.69 Å². The van der Waals surface area contributed by atoms with Crippen LogP contribution in [0.2, 0.25) is 0 Å². The molecule has 0 unspecified atom stereocenters. The normalized spacial score (nSPS) is 11.0. The van der Waals surface area contributed by atoms with Gasteiger partial charge in [0, 0.05) is 6.07 Å². The van der Waals surface area contributed by atoms with Crippen LogP contribution in [0.1, 0.15) is 31.2 Å². The molecule has 0 bridgehead atoms. The Morgan fingerprint density at radius 2 is 2.04 bits per heavy atom. The van der Waals surface area contributed by atoms with Crippen molar-refractivity contribution in [2.75, 3.05) is 0 Å². The molecule has 3 aromatic rings. The molecule has 1 N–H and O–H groups in total. The third kappa shape index (κ3) is 3.15. The van der Waals surface area contributed by atoms with Gasteiger partial charge in [-0.15, -0.1) is 0 Å². The second kappa shape index (κ2) is 6.08. The minimum absolute atomic E-state index is 0.289. The Kier molecular flexibility index (Phi) is 3.97. The summed E-state index contributed by atoms with van der Waals surface area (Å²) in [5.74, 6) is 2.23. The fourth-order valence-corrected chi connectivity index (χ4v) is 2.30. The van der Waals surface area contributed by atoms with Gasteiger partial charge in [-0.25, -0.2) is 19.4 Å². The number of aromatic nitrogens is 4. The largest absolute Gasteiger partial charge is 0.439 e. The molecule has 0 saturated carbocycles. The number of nitrogens with zero attached hydrogens (tertiary/aromatic N) is 3. The van der Waals surface area contributed by atoms with Crippen LogP contribution in [0.15, 0.2) is 47.4 Å². The second-order valence-corrected chi connectivity index (χ2v) is 5.60. The SMILES string of the molecule is Cc1n[nH]c(=O)n1-c1ccc(Oc2cccc(C(C)C)c2)nc1. The molecule has 6 heteroatoms. The van der Waals surface area contributed by atoms with Crippen molar-refractivity contribution in [1.29, 1.82) is 0 Å². The van der Waals surface area contributed by atoms with Gasteiger partial charge in [0.1, 0.15) is 11.6 Å². The van der Waals surface area contributed by atoms with Gasteiger partial charge in [0.15, 0.2) is 0 Å². The lowest BCUT2D eigenvalue weighted by Gasteiger charge is -2.09. The summed E-state index contributed by atoms with van der Waals surface area (Å²) in [6.07, 6.45) is 1.59. The second-order valence-electron chi connectivity index (χ2n) is 5.60. The first-order valence-electron chi connectivity index (χ1n) is 7.43. The lowest BCUT2D eigenvalue weighted by atomic mass is 10.0. The van der Waals surface area contributed by atoms with Gasteiger partial charge in [-0.3, -0.25) is 0 Å². The zero-order valence-electron chi connectivity index (χ0n) is 13.3. The third-order valence-corrected chi connectivity index (χ3v) is 3.57. The Balaban J connectivity index is 1.83. The molecular formula is C17H18N4O2. The Morgan fingerprint density at radius 3 is 2.65 bits per heavy atom. The predicted octanol–water partition coefficient (Wildman–Crippen LogP) is 3.18. The van der Waals surface area contributed by atoms with Crippen LogP contribution < -0.4 is 10.4 Å². The van der Waals surface area contributed by atoms with Crippen LogP contribution in [0.3, 0.4) is 0 Å². The molecule has 6 nitrogen and oxygen atoms in total. The highest BCUT2D eigenvalue weighted by Gasteiger charge is 2.08. The number of pyridine rings is 1. The first-order valence-corrected chi connectivity index (χ1v) is 7.43. The van der Waals surface area contributed by atoms with Crippen LogP contribution in [0.5, 0.6) is 11.6 Å². The van der Waals surface area contributed by atoms with Crippen molar-refractivity contribution in [3.63, 3.8) is 0 Å². The van der Waals surface area contributed by atoms with Crippen molar-refractivity contribution < 1.29 is 4.74 Å². The Morgan fingerprint density at radius 1 is 1.22 bits per heavy atom.